The van der Waals surface area contributed by atoms with Crippen molar-refractivity contribution in [3.63, 3.8) is 0 Å². The van der Waals surface area contributed by atoms with Crippen LogP contribution in [-0.4, -0.2) is 52.7 Å². The molecule has 1 aliphatic rings. The van der Waals surface area contributed by atoms with Crippen LogP contribution in [0.2, 0.25) is 0 Å². The van der Waals surface area contributed by atoms with Gasteiger partial charge in [0.25, 0.3) is 5.92 Å². The molecular weight excluding hydrogens is 434 g/mol. The number of carbonyl (C=O) groups is 1. The number of alkyl halides is 2. The molecule has 0 spiro atoms. The largest absolute Gasteiger partial charge is 0.444 e. The molecular formula is C19H23BrF2N4O2. The first kappa shape index (κ1) is 20.7. The Labute approximate surface area is 171 Å². The third-order valence-electron chi connectivity index (χ3n) is 4.41. The fourth-order valence-corrected chi connectivity index (χ4v) is 3.76. The molecule has 9 heteroatoms. The molecule has 28 heavy (non-hydrogen) atoms. The van der Waals surface area contributed by atoms with Crippen LogP contribution in [-0.2, 0) is 10.7 Å². The van der Waals surface area contributed by atoms with Gasteiger partial charge < -0.3 is 14.5 Å². The van der Waals surface area contributed by atoms with E-state index in [2.05, 4.69) is 25.9 Å². The zero-order valence-corrected chi connectivity index (χ0v) is 17.9. The molecule has 0 unspecified atom stereocenters. The van der Waals surface area contributed by atoms with Gasteiger partial charge in [0.05, 0.1) is 5.52 Å². The van der Waals surface area contributed by atoms with Crippen LogP contribution in [0.15, 0.2) is 22.9 Å². The lowest BCUT2D eigenvalue weighted by Gasteiger charge is -2.36. The first-order valence-electron chi connectivity index (χ1n) is 9.01. The number of nitrogens with zero attached hydrogens (tertiary/aromatic N) is 4. The number of anilines is 1. The molecule has 0 saturated carbocycles. The third kappa shape index (κ3) is 4.51. The molecule has 1 amide bonds. The molecule has 1 aromatic heterocycles. The van der Waals surface area contributed by atoms with Gasteiger partial charge in [-0.05, 0) is 32.9 Å². The minimum atomic E-state index is -2.99. The number of carbonyl (C=O) groups excluding carboxylic acids is 1. The van der Waals surface area contributed by atoms with E-state index in [1.165, 1.54) is 12.4 Å². The lowest BCUT2D eigenvalue weighted by Crippen LogP contribution is -2.50. The van der Waals surface area contributed by atoms with Crippen LogP contribution >= 0.6 is 15.9 Å². The number of hydrogen-bond acceptors (Lipinski definition) is 5. The van der Waals surface area contributed by atoms with Crippen molar-refractivity contribution >= 4 is 38.7 Å². The van der Waals surface area contributed by atoms with E-state index in [1.807, 2.05) is 25.7 Å². The van der Waals surface area contributed by atoms with Crippen LogP contribution in [0.4, 0.5) is 19.4 Å². The van der Waals surface area contributed by atoms with Gasteiger partial charge in [-0.25, -0.2) is 23.5 Å². The summed E-state index contributed by atoms with van der Waals surface area (Å²) in [5.41, 5.74) is -0.0745. The maximum Gasteiger partial charge on any atom is 0.410 e. The van der Waals surface area contributed by atoms with E-state index in [9.17, 15) is 13.6 Å². The van der Waals surface area contributed by atoms with Gasteiger partial charge in [0.2, 0.25) is 0 Å². The van der Waals surface area contributed by atoms with Gasteiger partial charge in [0, 0.05) is 48.5 Å². The van der Waals surface area contributed by atoms with E-state index >= 15 is 0 Å². The van der Waals surface area contributed by atoms with Crippen molar-refractivity contribution in [3.8, 4) is 0 Å². The van der Waals surface area contributed by atoms with Crippen molar-refractivity contribution < 1.29 is 18.3 Å². The summed E-state index contributed by atoms with van der Waals surface area (Å²) in [5, 5.41) is 0.563. The van der Waals surface area contributed by atoms with Gasteiger partial charge >= 0.3 is 6.09 Å². The van der Waals surface area contributed by atoms with Gasteiger partial charge in [-0.15, -0.1) is 0 Å². The Balaban J connectivity index is 1.84. The van der Waals surface area contributed by atoms with Crippen LogP contribution < -0.4 is 4.90 Å². The predicted molar refractivity (Wildman–Crippen MR) is 107 cm³/mol. The van der Waals surface area contributed by atoms with Crippen molar-refractivity contribution in [1.82, 2.24) is 14.9 Å². The number of aromatic nitrogens is 2. The first-order chi connectivity index (χ1) is 13.0. The molecule has 1 aromatic carbocycles. The number of benzene rings is 1. The summed E-state index contributed by atoms with van der Waals surface area (Å²) in [7, 11) is 0. The number of halogens is 3. The lowest BCUT2D eigenvalue weighted by atomic mass is 10.1. The minimum absolute atomic E-state index is 0.108. The minimum Gasteiger partial charge on any atom is -0.444 e. The number of hydrogen-bond donors (Lipinski definition) is 0. The van der Waals surface area contributed by atoms with Crippen LogP contribution in [0.25, 0.3) is 10.9 Å². The Kier molecular flexibility index (Phi) is 5.49. The smallest absolute Gasteiger partial charge is 0.410 e. The van der Waals surface area contributed by atoms with Crippen LogP contribution in [0.1, 0.15) is 33.3 Å². The van der Waals surface area contributed by atoms with Crippen molar-refractivity contribution in [2.45, 2.75) is 39.2 Å². The van der Waals surface area contributed by atoms with E-state index in [0.717, 1.165) is 6.92 Å². The van der Waals surface area contributed by atoms with Crippen molar-refractivity contribution in [1.29, 1.82) is 0 Å². The molecule has 0 atom stereocenters. The highest BCUT2D eigenvalue weighted by atomic mass is 79.9. The summed E-state index contributed by atoms with van der Waals surface area (Å²) in [6.45, 7) is 8.33. The topological polar surface area (TPSA) is 58.6 Å². The predicted octanol–water partition coefficient (Wildman–Crippen LogP) is 4.56. The van der Waals surface area contributed by atoms with Gasteiger partial charge in [-0.2, -0.15) is 0 Å². The molecule has 1 saturated heterocycles. The van der Waals surface area contributed by atoms with Gasteiger partial charge in [-0.1, -0.05) is 15.9 Å². The Hall–Kier alpha value is -2.03. The second-order valence-electron chi connectivity index (χ2n) is 7.89. The normalized spacial score (nSPS) is 15.8. The highest BCUT2D eigenvalue weighted by Crippen LogP contribution is 2.37. The quantitative estimate of drug-likeness (QED) is 0.662. The van der Waals surface area contributed by atoms with Crippen molar-refractivity contribution in [2.24, 2.45) is 0 Å². The summed E-state index contributed by atoms with van der Waals surface area (Å²) in [6.07, 6.45) is 1.07. The average molecular weight is 457 g/mol. The van der Waals surface area contributed by atoms with Crippen LogP contribution in [0.3, 0.4) is 0 Å². The zero-order chi connectivity index (χ0) is 20.7. The van der Waals surface area contributed by atoms with Gasteiger partial charge in [0.15, 0.2) is 0 Å². The summed E-state index contributed by atoms with van der Waals surface area (Å²) in [5.74, 6) is -2.40. The fourth-order valence-electron chi connectivity index (χ4n) is 3.08. The molecule has 0 aliphatic carbocycles. The summed E-state index contributed by atoms with van der Waals surface area (Å²) in [6, 6.07) is 3.03. The van der Waals surface area contributed by atoms with Crippen LogP contribution in [0, 0.1) is 0 Å². The molecule has 1 aliphatic heterocycles. The average Bonchev–Trinajstić information content (AvgIpc) is 2.58. The SMILES string of the molecule is CC(C)(C)OC(=O)N1CCN(c2ncnc3cc(Br)c(C(C)(F)F)cc23)CC1. The summed E-state index contributed by atoms with van der Waals surface area (Å²) in [4.78, 5) is 24.4. The number of amides is 1. The zero-order valence-electron chi connectivity index (χ0n) is 16.3. The monoisotopic (exact) mass is 456 g/mol. The second-order valence-corrected chi connectivity index (χ2v) is 8.74. The number of fused-ring (bicyclic) bond motifs is 1. The fraction of sp³-hybridized carbons (Fsp3) is 0.526. The Morgan fingerprint density at radius 2 is 1.75 bits per heavy atom. The molecule has 0 bridgehead atoms. The first-order valence-corrected chi connectivity index (χ1v) is 9.80. The van der Waals surface area contributed by atoms with E-state index in [1.54, 1.807) is 11.0 Å². The standard InChI is InChI=1S/C19H23BrF2N4O2/c1-18(2,3)28-17(27)26-7-5-25(6-8-26)16-12-9-13(19(4,21)22)14(20)10-15(12)23-11-24-16/h9-11H,5-8H2,1-4H3. The number of ether oxygens (including phenoxy) is 1. The highest BCUT2D eigenvalue weighted by molar-refractivity contribution is 9.10. The molecule has 1 fully saturated rings. The van der Waals surface area contributed by atoms with Crippen molar-refractivity contribution in [2.75, 3.05) is 31.1 Å². The maximum absolute atomic E-state index is 14.0. The molecule has 2 heterocycles. The lowest BCUT2D eigenvalue weighted by molar-refractivity contribution is 0.0167. The van der Waals surface area contributed by atoms with Gasteiger partial charge in [0.1, 0.15) is 17.7 Å². The molecule has 2 aromatic rings. The number of rotatable bonds is 2. The summed E-state index contributed by atoms with van der Waals surface area (Å²) < 4.78 is 33.6. The van der Waals surface area contributed by atoms with Gasteiger partial charge in [-0.3, -0.25) is 0 Å². The van der Waals surface area contributed by atoms with E-state index in [4.69, 9.17) is 4.74 Å². The molecule has 152 valence electrons. The Morgan fingerprint density at radius 1 is 1.11 bits per heavy atom. The van der Waals surface area contributed by atoms with E-state index in [-0.39, 0.29) is 11.7 Å². The van der Waals surface area contributed by atoms with E-state index < -0.39 is 11.5 Å². The maximum atomic E-state index is 14.0. The molecule has 0 radical (unpaired) electrons. The summed E-state index contributed by atoms with van der Waals surface area (Å²) >= 11 is 3.21. The molecule has 3 rings (SSSR count). The van der Waals surface area contributed by atoms with Crippen LogP contribution in [0.5, 0.6) is 0 Å². The molecule has 6 nitrogen and oxygen atoms in total. The Morgan fingerprint density at radius 3 is 2.32 bits per heavy atom. The Bertz CT molecular complexity index is 888. The third-order valence-corrected chi connectivity index (χ3v) is 5.06. The molecule has 0 N–H and O–H groups in total. The number of piperazine rings is 1. The highest BCUT2D eigenvalue weighted by Gasteiger charge is 2.30. The van der Waals surface area contributed by atoms with E-state index in [0.29, 0.717) is 47.4 Å². The second kappa shape index (κ2) is 7.42. The van der Waals surface area contributed by atoms with Crippen molar-refractivity contribution in [3.05, 3.63) is 28.5 Å².